The van der Waals surface area contributed by atoms with Gasteiger partial charge in [-0.2, -0.15) is 4.98 Å². The lowest BCUT2D eigenvalue weighted by Gasteiger charge is -1.94. The van der Waals surface area contributed by atoms with E-state index in [2.05, 4.69) is 26.1 Å². The van der Waals surface area contributed by atoms with Crippen molar-refractivity contribution >= 4 is 15.9 Å². The van der Waals surface area contributed by atoms with Crippen LogP contribution in [-0.4, -0.2) is 15.2 Å². The smallest absolute Gasteiger partial charge is 0.255 e. The normalized spacial score (nSPS) is 12.7. The van der Waals surface area contributed by atoms with Crippen LogP contribution in [0.25, 0.3) is 11.4 Å². The molecule has 1 aromatic heterocycles. The zero-order valence-electron chi connectivity index (χ0n) is 8.01. The lowest BCUT2D eigenvalue weighted by molar-refractivity contribution is 0.152. The van der Waals surface area contributed by atoms with Crippen LogP contribution in [0, 0.1) is 0 Å². The second kappa shape index (κ2) is 4.12. The molecule has 2 aromatic rings. The van der Waals surface area contributed by atoms with Crippen molar-refractivity contribution in [3.05, 3.63) is 34.6 Å². The first-order valence-corrected chi connectivity index (χ1v) is 5.24. The van der Waals surface area contributed by atoms with Crippen molar-refractivity contribution in [2.75, 3.05) is 0 Å². The van der Waals surface area contributed by atoms with Crippen molar-refractivity contribution in [2.45, 2.75) is 13.0 Å². The van der Waals surface area contributed by atoms with Gasteiger partial charge in [0, 0.05) is 10.0 Å². The van der Waals surface area contributed by atoms with Crippen LogP contribution < -0.4 is 0 Å². The maximum atomic E-state index is 9.23. The third kappa shape index (κ3) is 2.24. The van der Waals surface area contributed by atoms with Crippen LogP contribution in [0.15, 0.2) is 33.3 Å². The lowest BCUT2D eigenvalue weighted by atomic mass is 10.2. The molecule has 0 aliphatic carbocycles. The third-order valence-electron chi connectivity index (χ3n) is 1.88. The molecule has 0 spiro atoms. The number of rotatable bonds is 2. The van der Waals surface area contributed by atoms with Crippen LogP contribution in [0.1, 0.15) is 18.9 Å². The topological polar surface area (TPSA) is 59.2 Å². The van der Waals surface area contributed by atoms with Crippen LogP contribution in [0.3, 0.4) is 0 Å². The summed E-state index contributed by atoms with van der Waals surface area (Å²) in [5, 5.41) is 13.0. The average molecular weight is 269 g/mol. The van der Waals surface area contributed by atoms with E-state index in [0.717, 1.165) is 10.0 Å². The first kappa shape index (κ1) is 10.3. The van der Waals surface area contributed by atoms with Gasteiger partial charge in [-0.1, -0.05) is 33.2 Å². The Kier molecular flexibility index (Phi) is 2.83. The van der Waals surface area contributed by atoms with Crippen LogP contribution in [0.2, 0.25) is 0 Å². The minimum absolute atomic E-state index is 0.227. The fourth-order valence-electron chi connectivity index (χ4n) is 1.15. The molecule has 15 heavy (non-hydrogen) atoms. The van der Waals surface area contributed by atoms with Crippen molar-refractivity contribution < 1.29 is 9.63 Å². The Bertz CT molecular complexity index is 468. The summed E-state index contributed by atoms with van der Waals surface area (Å²) < 4.78 is 5.84. The fourth-order valence-corrected chi connectivity index (χ4v) is 1.55. The molecule has 1 aromatic carbocycles. The minimum atomic E-state index is -0.738. The molecule has 1 unspecified atom stereocenters. The second-order valence-electron chi connectivity index (χ2n) is 3.14. The van der Waals surface area contributed by atoms with Gasteiger partial charge in [-0.3, -0.25) is 0 Å². The van der Waals surface area contributed by atoms with Crippen LogP contribution in [0.4, 0.5) is 0 Å². The van der Waals surface area contributed by atoms with E-state index in [4.69, 9.17) is 4.52 Å². The molecule has 0 aliphatic rings. The Morgan fingerprint density at radius 2 is 2.27 bits per heavy atom. The molecule has 78 valence electrons. The fraction of sp³-hybridized carbons (Fsp3) is 0.200. The molecule has 0 bridgehead atoms. The van der Waals surface area contributed by atoms with Crippen molar-refractivity contribution in [1.29, 1.82) is 0 Å². The molecule has 0 radical (unpaired) electrons. The first-order valence-electron chi connectivity index (χ1n) is 4.44. The van der Waals surface area contributed by atoms with Crippen molar-refractivity contribution in [3.8, 4) is 11.4 Å². The number of benzene rings is 1. The number of hydrogen-bond acceptors (Lipinski definition) is 4. The predicted molar refractivity (Wildman–Crippen MR) is 58.1 cm³/mol. The summed E-state index contributed by atoms with van der Waals surface area (Å²) in [6, 6.07) is 7.56. The zero-order chi connectivity index (χ0) is 10.8. The SMILES string of the molecule is CC(O)c1nc(-c2cccc(Br)c2)no1. The maximum Gasteiger partial charge on any atom is 0.255 e. The lowest BCUT2D eigenvalue weighted by Crippen LogP contribution is -1.90. The molecule has 4 nitrogen and oxygen atoms in total. The highest BCUT2D eigenvalue weighted by Gasteiger charge is 2.12. The third-order valence-corrected chi connectivity index (χ3v) is 2.38. The standard InChI is InChI=1S/C10H9BrN2O2/c1-6(14)10-12-9(13-15-10)7-3-2-4-8(11)5-7/h2-6,14H,1H3. The summed E-state index contributed by atoms with van der Waals surface area (Å²) in [5.41, 5.74) is 0.847. The van der Waals surface area contributed by atoms with Crippen molar-refractivity contribution in [1.82, 2.24) is 10.1 Å². The van der Waals surface area contributed by atoms with Crippen LogP contribution >= 0.6 is 15.9 Å². The highest BCUT2D eigenvalue weighted by Crippen LogP contribution is 2.21. The van der Waals surface area contributed by atoms with Gasteiger partial charge in [-0.15, -0.1) is 0 Å². The zero-order valence-corrected chi connectivity index (χ0v) is 9.60. The van der Waals surface area contributed by atoms with E-state index >= 15 is 0 Å². The molecule has 1 heterocycles. The van der Waals surface area contributed by atoms with Gasteiger partial charge < -0.3 is 9.63 Å². The number of aromatic nitrogens is 2. The molecule has 0 saturated heterocycles. The summed E-state index contributed by atoms with van der Waals surface area (Å²) in [6.07, 6.45) is -0.738. The summed E-state index contributed by atoms with van der Waals surface area (Å²) in [5.74, 6) is 0.706. The van der Waals surface area contributed by atoms with E-state index in [-0.39, 0.29) is 5.89 Å². The Hall–Kier alpha value is -1.20. The minimum Gasteiger partial charge on any atom is -0.384 e. The van der Waals surface area contributed by atoms with E-state index in [1.54, 1.807) is 6.92 Å². The van der Waals surface area contributed by atoms with Gasteiger partial charge in [0.15, 0.2) is 0 Å². The largest absolute Gasteiger partial charge is 0.384 e. The van der Waals surface area contributed by atoms with Gasteiger partial charge in [0.05, 0.1) is 0 Å². The number of aliphatic hydroxyl groups excluding tert-OH is 1. The molecule has 0 fully saturated rings. The molecule has 1 N–H and O–H groups in total. The van der Waals surface area contributed by atoms with Gasteiger partial charge in [0.2, 0.25) is 5.82 Å². The number of nitrogens with zero attached hydrogens (tertiary/aromatic N) is 2. The number of aliphatic hydroxyl groups is 1. The highest BCUT2D eigenvalue weighted by molar-refractivity contribution is 9.10. The van der Waals surface area contributed by atoms with Gasteiger partial charge in [0.1, 0.15) is 6.10 Å². The monoisotopic (exact) mass is 268 g/mol. The summed E-state index contributed by atoms with van der Waals surface area (Å²) >= 11 is 3.36. The highest BCUT2D eigenvalue weighted by atomic mass is 79.9. The summed E-state index contributed by atoms with van der Waals surface area (Å²) in [7, 11) is 0. The van der Waals surface area contributed by atoms with Gasteiger partial charge in [-0.25, -0.2) is 0 Å². The molecule has 0 amide bonds. The first-order chi connectivity index (χ1) is 7.16. The second-order valence-corrected chi connectivity index (χ2v) is 4.06. The number of halogens is 1. The summed E-state index contributed by atoms with van der Waals surface area (Å²) in [4.78, 5) is 4.07. The Morgan fingerprint density at radius 3 is 2.87 bits per heavy atom. The quantitative estimate of drug-likeness (QED) is 0.910. The van der Waals surface area contributed by atoms with E-state index in [9.17, 15) is 5.11 Å². The molecule has 5 heteroatoms. The average Bonchev–Trinajstić information content (AvgIpc) is 2.66. The molecular weight excluding hydrogens is 260 g/mol. The molecular formula is C10H9BrN2O2. The molecule has 2 rings (SSSR count). The van der Waals surface area contributed by atoms with Crippen molar-refractivity contribution in [3.63, 3.8) is 0 Å². The van der Waals surface area contributed by atoms with Crippen LogP contribution in [-0.2, 0) is 0 Å². The van der Waals surface area contributed by atoms with E-state index in [0.29, 0.717) is 5.82 Å². The van der Waals surface area contributed by atoms with E-state index < -0.39 is 6.10 Å². The van der Waals surface area contributed by atoms with E-state index in [1.165, 1.54) is 0 Å². The molecule has 1 atom stereocenters. The maximum absolute atomic E-state index is 9.23. The van der Waals surface area contributed by atoms with Gasteiger partial charge in [0.25, 0.3) is 5.89 Å². The predicted octanol–water partition coefficient (Wildman–Crippen LogP) is 2.55. The Morgan fingerprint density at radius 1 is 1.47 bits per heavy atom. The summed E-state index contributed by atoms with van der Waals surface area (Å²) in [6.45, 7) is 1.58. The van der Waals surface area contributed by atoms with Crippen molar-refractivity contribution in [2.24, 2.45) is 0 Å². The molecule has 0 saturated carbocycles. The van der Waals surface area contributed by atoms with E-state index in [1.807, 2.05) is 24.3 Å². The Balaban J connectivity index is 2.37. The Labute approximate surface area is 95.1 Å². The molecule has 0 aliphatic heterocycles. The number of hydrogen-bond donors (Lipinski definition) is 1. The van der Waals surface area contributed by atoms with Gasteiger partial charge >= 0.3 is 0 Å². The van der Waals surface area contributed by atoms with Crippen LogP contribution in [0.5, 0.6) is 0 Å². The van der Waals surface area contributed by atoms with Gasteiger partial charge in [-0.05, 0) is 19.1 Å².